The SMILES string of the molecule is Cc1cc(C=Nc2ccc(C(C)(C)C)cc2)c(C)n1-c1cc(S(=O)(=O)N2CCOCC2)ccc1N1CCCC1. The number of rotatable bonds is 6. The number of hydrogen-bond donors (Lipinski definition) is 0. The molecular formula is C31H40N4O3S. The molecule has 0 atom stereocenters. The highest BCUT2D eigenvalue weighted by Crippen LogP contribution is 2.34. The molecule has 3 heterocycles. The molecule has 0 amide bonds. The van der Waals surface area contributed by atoms with Gasteiger partial charge in [-0.3, -0.25) is 4.99 Å². The third-order valence-corrected chi connectivity index (χ3v) is 9.69. The van der Waals surface area contributed by atoms with E-state index in [0.29, 0.717) is 31.2 Å². The molecule has 0 unspecified atom stereocenters. The Balaban J connectivity index is 1.53. The number of sulfonamides is 1. The van der Waals surface area contributed by atoms with Gasteiger partial charge in [-0.25, -0.2) is 8.42 Å². The van der Waals surface area contributed by atoms with Gasteiger partial charge in [-0.15, -0.1) is 0 Å². The zero-order valence-electron chi connectivity index (χ0n) is 23.8. The van der Waals surface area contributed by atoms with Crippen LogP contribution >= 0.6 is 0 Å². The summed E-state index contributed by atoms with van der Waals surface area (Å²) in [6, 6.07) is 16.1. The molecule has 0 N–H and O–H groups in total. The van der Waals surface area contributed by atoms with Crippen molar-refractivity contribution < 1.29 is 13.2 Å². The Morgan fingerprint density at radius 3 is 2.18 bits per heavy atom. The average molecular weight is 549 g/mol. The lowest BCUT2D eigenvalue weighted by atomic mass is 9.87. The van der Waals surface area contributed by atoms with Gasteiger partial charge in [0.2, 0.25) is 10.0 Å². The van der Waals surface area contributed by atoms with Gasteiger partial charge in [0.05, 0.1) is 35.2 Å². The van der Waals surface area contributed by atoms with Crippen molar-refractivity contribution in [2.24, 2.45) is 4.99 Å². The first kappa shape index (κ1) is 27.6. The first-order valence-corrected chi connectivity index (χ1v) is 15.3. The molecule has 5 rings (SSSR count). The maximum absolute atomic E-state index is 13.5. The van der Waals surface area contributed by atoms with Crippen LogP contribution in [0.2, 0.25) is 0 Å². The standard InChI is InChI=1S/C31H40N4O3S/c1-23-20-25(22-32-27-10-8-26(9-11-27)31(3,4)5)24(2)35(23)30-21-28(12-13-29(30)33-14-6-7-15-33)39(36,37)34-16-18-38-19-17-34/h8-13,20-22H,6-7,14-19H2,1-5H3. The largest absolute Gasteiger partial charge is 0.379 e. The Kier molecular flexibility index (Phi) is 7.73. The van der Waals surface area contributed by atoms with Crippen molar-refractivity contribution in [3.8, 4) is 5.69 Å². The summed E-state index contributed by atoms with van der Waals surface area (Å²) in [5.41, 5.74) is 7.34. The molecule has 0 spiro atoms. The molecule has 3 aromatic rings. The number of anilines is 1. The Labute approximate surface area is 233 Å². The summed E-state index contributed by atoms with van der Waals surface area (Å²) in [6.07, 6.45) is 4.19. The molecule has 208 valence electrons. The van der Waals surface area contributed by atoms with Gasteiger partial charge in [-0.05, 0) is 74.1 Å². The Bertz CT molecular complexity index is 1450. The Morgan fingerprint density at radius 2 is 1.54 bits per heavy atom. The predicted octanol–water partition coefficient (Wildman–Crippen LogP) is 5.76. The lowest BCUT2D eigenvalue weighted by Crippen LogP contribution is -2.40. The van der Waals surface area contributed by atoms with Crippen molar-refractivity contribution in [2.75, 3.05) is 44.3 Å². The molecule has 1 aromatic heterocycles. The van der Waals surface area contributed by atoms with E-state index in [2.05, 4.69) is 74.4 Å². The Hall–Kier alpha value is -2.94. The summed E-state index contributed by atoms with van der Waals surface area (Å²) < 4.78 is 36.2. The van der Waals surface area contributed by atoms with Gasteiger partial charge in [0, 0.05) is 49.3 Å². The summed E-state index contributed by atoms with van der Waals surface area (Å²) >= 11 is 0. The maximum Gasteiger partial charge on any atom is 0.243 e. The van der Waals surface area contributed by atoms with E-state index < -0.39 is 10.0 Å². The zero-order valence-corrected chi connectivity index (χ0v) is 24.6. The van der Waals surface area contributed by atoms with E-state index in [4.69, 9.17) is 9.73 Å². The molecule has 2 aliphatic rings. The molecule has 39 heavy (non-hydrogen) atoms. The molecular weight excluding hydrogens is 508 g/mol. The van der Waals surface area contributed by atoms with Crippen molar-refractivity contribution in [1.82, 2.24) is 8.87 Å². The van der Waals surface area contributed by atoms with Crippen LogP contribution in [-0.4, -0.2) is 62.9 Å². The number of benzene rings is 2. The summed E-state index contributed by atoms with van der Waals surface area (Å²) in [5.74, 6) is 0. The number of aromatic nitrogens is 1. The summed E-state index contributed by atoms with van der Waals surface area (Å²) in [7, 11) is -3.62. The Morgan fingerprint density at radius 1 is 0.872 bits per heavy atom. The molecule has 7 nitrogen and oxygen atoms in total. The van der Waals surface area contributed by atoms with Crippen LogP contribution in [0.15, 0.2) is 58.4 Å². The van der Waals surface area contributed by atoms with Crippen molar-refractivity contribution in [2.45, 2.75) is 57.8 Å². The third-order valence-electron chi connectivity index (χ3n) is 7.80. The van der Waals surface area contributed by atoms with Crippen LogP contribution in [0.1, 0.15) is 56.1 Å². The van der Waals surface area contributed by atoms with E-state index in [1.165, 1.54) is 9.87 Å². The van der Waals surface area contributed by atoms with Crippen LogP contribution in [0.4, 0.5) is 11.4 Å². The number of morpholine rings is 1. The minimum atomic E-state index is -3.62. The first-order chi connectivity index (χ1) is 18.6. The van der Waals surface area contributed by atoms with Gasteiger partial charge >= 0.3 is 0 Å². The fourth-order valence-corrected chi connectivity index (χ4v) is 6.91. The van der Waals surface area contributed by atoms with E-state index in [1.807, 2.05) is 18.3 Å². The van der Waals surface area contributed by atoms with Crippen molar-refractivity contribution in [3.63, 3.8) is 0 Å². The van der Waals surface area contributed by atoms with Crippen LogP contribution in [0, 0.1) is 13.8 Å². The highest BCUT2D eigenvalue weighted by atomic mass is 32.2. The monoisotopic (exact) mass is 548 g/mol. The fraction of sp³-hybridized carbons (Fsp3) is 0.452. The van der Waals surface area contributed by atoms with Gasteiger partial charge in [-0.2, -0.15) is 4.31 Å². The van der Waals surface area contributed by atoms with Gasteiger partial charge in [-0.1, -0.05) is 32.9 Å². The van der Waals surface area contributed by atoms with E-state index in [9.17, 15) is 8.42 Å². The predicted molar refractivity (Wildman–Crippen MR) is 159 cm³/mol. The number of aliphatic imine (C=N–C) groups is 1. The third kappa shape index (κ3) is 5.69. The summed E-state index contributed by atoms with van der Waals surface area (Å²) in [5, 5.41) is 0. The molecule has 0 bridgehead atoms. The van der Waals surface area contributed by atoms with Gasteiger partial charge in [0.15, 0.2) is 0 Å². The van der Waals surface area contributed by atoms with Crippen LogP contribution in [-0.2, 0) is 20.2 Å². The minimum Gasteiger partial charge on any atom is -0.379 e. The van der Waals surface area contributed by atoms with Gasteiger partial charge in [0.1, 0.15) is 0 Å². The number of hydrogen-bond acceptors (Lipinski definition) is 5. The van der Waals surface area contributed by atoms with E-state index in [1.54, 1.807) is 6.07 Å². The minimum absolute atomic E-state index is 0.101. The van der Waals surface area contributed by atoms with Crippen molar-refractivity contribution in [1.29, 1.82) is 0 Å². The molecule has 8 heteroatoms. The lowest BCUT2D eigenvalue weighted by molar-refractivity contribution is 0.0730. The second-order valence-corrected chi connectivity index (χ2v) is 13.5. The van der Waals surface area contributed by atoms with Gasteiger partial charge in [0.25, 0.3) is 0 Å². The molecule has 0 saturated carbocycles. The van der Waals surface area contributed by atoms with Crippen molar-refractivity contribution >= 4 is 27.6 Å². The van der Waals surface area contributed by atoms with E-state index in [0.717, 1.165) is 59.9 Å². The smallest absolute Gasteiger partial charge is 0.243 e. The highest BCUT2D eigenvalue weighted by Gasteiger charge is 2.29. The molecule has 2 aliphatic heterocycles. The molecule has 0 aliphatic carbocycles. The number of aryl methyl sites for hydroxylation is 1. The highest BCUT2D eigenvalue weighted by molar-refractivity contribution is 7.89. The molecule has 2 aromatic carbocycles. The van der Waals surface area contributed by atoms with Crippen LogP contribution in [0.5, 0.6) is 0 Å². The number of ether oxygens (including phenoxy) is 1. The molecule has 0 radical (unpaired) electrons. The van der Waals surface area contributed by atoms with Crippen molar-refractivity contribution in [3.05, 3.63) is 71.0 Å². The first-order valence-electron chi connectivity index (χ1n) is 13.9. The topological polar surface area (TPSA) is 67.1 Å². The van der Waals surface area contributed by atoms with Crippen LogP contribution in [0.3, 0.4) is 0 Å². The fourth-order valence-electron chi connectivity index (χ4n) is 5.48. The van der Waals surface area contributed by atoms with Gasteiger partial charge < -0.3 is 14.2 Å². The maximum atomic E-state index is 13.5. The number of nitrogens with zero attached hydrogens (tertiary/aromatic N) is 4. The average Bonchev–Trinajstić information content (AvgIpc) is 3.55. The van der Waals surface area contributed by atoms with Crippen LogP contribution in [0.25, 0.3) is 5.69 Å². The zero-order chi connectivity index (χ0) is 27.8. The summed E-state index contributed by atoms with van der Waals surface area (Å²) in [6.45, 7) is 14.3. The second-order valence-electron chi connectivity index (χ2n) is 11.6. The van der Waals surface area contributed by atoms with E-state index >= 15 is 0 Å². The van der Waals surface area contributed by atoms with Crippen LogP contribution < -0.4 is 4.90 Å². The molecule has 2 fully saturated rings. The lowest BCUT2D eigenvalue weighted by Gasteiger charge is -2.28. The molecule has 2 saturated heterocycles. The second kappa shape index (κ2) is 10.9. The quantitative estimate of drug-likeness (QED) is 0.367. The van der Waals surface area contributed by atoms with E-state index in [-0.39, 0.29) is 5.41 Å². The summed E-state index contributed by atoms with van der Waals surface area (Å²) in [4.78, 5) is 7.45. The normalized spacial score (nSPS) is 17.4.